The minimum Gasteiger partial charge on any atom is -0.319 e. The second-order valence-electron chi connectivity index (χ2n) is 5.52. The monoisotopic (exact) mass is 349 g/mol. The molecule has 21 heavy (non-hydrogen) atoms. The molecule has 1 heterocycles. The van der Waals surface area contributed by atoms with E-state index >= 15 is 0 Å². The van der Waals surface area contributed by atoms with E-state index in [1.165, 1.54) is 10.0 Å². The molecule has 2 rings (SSSR count). The van der Waals surface area contributed by atoms with E-state index in [0.29, 0.717) is 12.0 Å². The number of hydrogen-bond donors (Lipinski definition) is 1. The Kier molecular flexibility index (Phi) is 6.00. The highest BCUT2D eigenvalue weighted by Crippen LogP contribution is 2.27. The van der Waals surface area contributed by atoms with Gasteiger partial charge >= 0.3 is 0 Å². The number of halogens is 1. The van der Waals surface area contributed by atoms with E-state index in [2.05, 4.69) is 76.3 Å². The standard InChI is InChI=1S/C17H24BrN3/c1-4-13(2)21-10-9-15(20-21)11-14(12-19-3)16-7-5-6-8-17(16)18/h5-10,13-14,19H,4,11-12H2,1-3H3. The molecule has 1 aromatic carbocycles. The molecule has 0 amide bonds. The van der Waals surface area contributed by atoms with Crippen molar-refractivity contribution in [1.82, 2.24) is 15.1 Å². The van der Waals surface area contributed by atoms with E-state index in [1.807, 2.05) is 7.05 Å². The van der Waals surface area contributed by atoms with Gasteiger partial charge in [0, 0.05) is 29.2 Å². The number of nitrogens with zero attached hydrogens (tertiary/aromatic N) is 2. The van der Waals surface area contributed by atoms with Crippen molar-refractivity contribution in [3.05, 3.63) is 52.3 Å². The average molecular weight is 350 g/mol. The second kappa shape index (κ2) is 7.76. The zero-order valence-corrected chi connectivity index (χ0v) is 14.6. The number of hydrogen-bond acceptors (Lipinski definition) is 2. The number of rotatable bonds is 7. The first-order chi connectivity index (χ1) is 10.2. The van der Waals surface area contributed by atoms with Crippen molar-refractivity contribution in [2.24, 2.45) is 0 Å². The van der Waals surface area contributed by atoms with Crippen LogP contribution in [0, 0.1) is 0 Å². The van der Waals surface area contributed by atoms with Crippen LogP contribution in [0.1, 0.15) is 43.5 Å². The first-order valence-corrected chi connectivity index (χ1v) is 8.38. The lowest BCUT2D eigenvalue weighted by Gasteiger charge is -2.17. The Hall–Kier alpha value is -1.13. The molecular weight excluding hydrogens is 326 g/mol. The van der Waals surface area contributed by atoms with Crippen molar-refractivity contribution in [2.75, 3.05) is 13.6 Å². The third-order valence-electron chi connectivity index (χ3n) is 3.96. The van der Waals surface area contributed by atoms with Crippen LogP contribution >= 0.6 is 15.9 Å². The lowest BCUT2D eigenvalue weighted by atomic mass is 9.94. The summed E-state index contributed by atoms with van der Waals surface area (Å²) < 4.78 is 3.25. The molecule has 0 spiro atoms. The molecule has 0 aliphatic carbocycles. The molecule has 4 heteroatoms. The summed E-state index contributed by atoms with van der Waals surface area (Å²) in [5.74, 6) is 0.422. The maximum Gasteiger partial charge on any atom is 0.0631 e. The van der Waals surface area contributed by atoms with Gasteiger partial charge in [-0.2, -0.15) is 5.10 Å². The molecule has 0 aliphatic heterocycles. The normalized spacial score (nSPS) is 14.1. The van der Waals surface area contributed by atoms with Gasteiger partial charge in [0.25, 0.3) is 0 Å². The smallest absolute Gasteiger partial charge is 0.0631 e. The quantitative estimate of drug-likeness (QED) is 0.813. The SMILES string of the molecule is CCC(C)n1ccc(CC(CNC)c2ccccc2Br)n1. The molecule has 0 saturated carbocycles. The Morgan fingerprint density at radius 2 is 2.05 bits per heavy atom. The summed E-state index contributed by atoms with van der Waals surface area (Å²) in [6.45, 7) is 5.34. The van der Waals surface area contributed by atoms with E-state index in [9.17, 15) is 0 Å². The summed E-state index contributed by atoms with van der Waals surface area (Å²) in [6.07, 6.45) is 4.15. The highest BCUT2D eigenvalue weighted by molar-refractivity contribution is 9.10. The van der Waals surface area contributed by atoms with Gasteiger partial charge in [0.1, 0.15) is 0 Å². The van der Waals surface area contributed by atoms with Crippen LogP contribution in [0.5, 0.6) is 0 Å². The number of benzene rings is 1. The zero-order chi connectivity index (χ0) is 15.2. The molecule has 0 bridgehead atoms. The van der Waals surface area contributed by atoms with Crippen molar-refractivity contribution in [3.8, 4) is 0 Å². The summed E-state index contributed by atoms with van der Waals surface area (Å²) in [7, 11) is 2.00. The van der Waals surface area contributed by atoms with E-state index in [0.717, 1.165) is 25.1 Å². The largest absolute Gasteiger partial charge is 0.319 e. The molecule has 2 unspecified atom stereocenters. The summed E-state index contributed by atoms with van der Waals surface area (Å²) in [5, 5.41) is 8.03. The van der Waals surface area contributed by atoms with Crippen molar-refractivity contribution in [2.45, 2.75) is 38.6 Å². The van der Waals surface area contributed by atoms with Crippen LogP contribution < -0.4 is 5.32 Å². The van der Waals surface area contributed by atoms with Crippen LogP contribution in [-0.2, 0) is 6.42 Å². The highest BCUT2D eigenvalue weighted by Gasteiger charge is 2.16. The van der Waals surface area contributed by atoms with Crippen molar-refractivity contribution in [3.63, 3.8) is 0 Å². The average Bonchev–Trinajstić information content (AvgIpc) is 2.95. The molecule has 0 radical (unpaired) electrons. The molecule has 114 valence electrons. The van der Waals surface area contributed by atoms with Gasteiger partial charge < -0.3 is 5.32 Å². The van der Waals surface area contributed by atoms with E-state index in [-0.39, 0.29) is 0 Å². The molecule has 2 atom stereocenters. The zero-order valence-electron chi connectivity index (χ0n) is 13.0. The van der Waals surface area contributed by atoms with Gasteiger partial charge in [-0.3, -0.25) is 4.68 Å². The predicted molar refractivity (Wildman–Crippen MR) is 91.7 cm³/mol. The van der Waals surface area contributed by atoms with Crippen LogP contribution in [0.25, 0.3) is 0 Å². The molecule has 2 aromatic rings. The Balaban J connectivity index is 2.17. The minimum atomic E-state index is 0.422. The van der Waals surface area contributed by atoms with Crippen molar-refractivity contribution < 1.29 is 0 Å². The number of likely N-dealkylation sites (N-methyl/N-ethyl adjacent to an activating group) is 1. The van der Waals surface area contributed by atoms with Gasteiger partial charge in [0.05, 0.1) is 5.69 Å². The van der Waals surface area contributed by atoms with E-state index < -0.39 is 0 Å². The Labute approximate surface area is 135 Å². The van der Waals surface area contributed by atoms with Crippen LogP contribution in [-0.4, -0.2) is 23.4 Å². The summed E-state index contributed by atoms with van der Waals surface area (Å²) in [4.78, 5) is 0. The first-order valence-electron chi connectivity index (χ1n) is 7.58. The van der Waals surface area contributed by atoms with Gasteiger partial charge in [0.2, 0.25) is 0 Å². The number of aromatic nitrogens is 2. The van der Waals surface area contributed by atoms with Crippen molar-refractivity contribution in [1.29, 1.82) is 0 Å². The van der Waals surface area contributed by atoms with Crippen LogP contribution in [0.2, 0.25) is 0 Å². The minimum absolute atomic E-state index is 0.422. The maximum atomic E-state index is 4.73. The summed E-state index contributed by atoms with van der Waals surface area (Å²) in [6, 6.07) is 11.1. The third-order valence-corrected chi connectivity index (χ3v) is 4.68. The van der Waals surface area contributed by atoms with Crippen LogP contribution in [0.4, 0.5) is 0 Å². The summed E-state index contributed by atoms with van der Waals surface area (Å²) in [5.41, 5.74) is 2.50. The van der Waals surface area contributed by atoms with Gasteiger partial charge in [-0.1, -0.05) is 41.1 Å². The predicted octanol–water partition coefficient (Wildman–Crippen LogP) is 4.16. The van der Waals surface area contributed by atoms with E-state index in [4.69, 9.17) is 5.10 Å². The fraction of sp³-hybridized carbons (Fsp3) is 0.471. The van der Waals surface area contributed by atoms with Crippen LogP contribution in [0.3, 0.4) is 0 Å². The molecule has 0 saturated heterocycles. The molecule has 3 nitrogen and oxygen atoms in total. The Bertz CT molecular complexity index is 565. The molecular formula is C17H24BrN3. The van der Waals surface area contributed by atoms with Gasteiger partial charge in [-0.15, -0.1) is 0 Å². The topological polar surface area (TPSA) is 29.9 Å². The maximum absolute atomic E-state index is 4.73. The third kappa shape index (κ3) is 4.17. The molecule has 0 fully saturated rings. The van der Waals surface area contributed by atoms with Crippen LogP contribution in [0.15, 0.2) is 41.0 Å². The molecule has 1 N–H and O–H groups in total. The highest BCUT2D eigenvalue weighted by atomic mass is 79.9. The fourth-order valence-electron chi connectivity index (χ4n) is 2.52. The molecule has 0 aliphatic rings. The Morgan fingerprint density at radius 3 is 2.71 bits per heavy atom. The second-order valence-corrected chi connectivity index (χ2v) is 6.38. The lowest BCUT2D eigenvalue weighted by Crippen LogP contribution is -2.20. The molecule has 1 aromatic heterocycles. The lowest BCUT2D eigenvalue weighted by molar-refractivity contribution is 0.471. The van der Waals surface area contributed by atoms with Gasteiger partial charge in [0.15, 0.2) is 0 Å². The number of nitrogens with one attached hydrogen (secondary N) is 1. The van der Waals surface area contributed by atoms with Gasteiger partial charge in [-0.05, 0) is 44.5 Å². The Morgan fingerprint density at radius 1 is 1.29 bits per heavy atom. The first kappa shape index (κ1) is 16.2. The van der Waals surface area contributed by atoms with Crippen molar-refractivity contribution >= 4 is 15.9 Å². The van der Waals surface area contributed by atoms with Gasteiger partial charge in [-0.25, -0.2) is 0 Å². The summed E-state index contributed by atoms with van der Waals surface area (Å²) >= 11 is 3.67. The van der Waals surface area contributed by atoms with E-state index in [1.54, 1.807) is 0 Å². The fourth-order valence-corrected chi connectivity index (χ4v) is 3.12.